The molecule has 0 rings (SSSR count). The summed E-state index contributed by atoms with van der Waals surface area (Å²) in [6.07, 6.45) is -14.7. The van der Waals surface area contributed by atoms with Gasteiger partial charge in [0.1, 0.15) is 0 Å². The molecule has 0 spiro atoms. The van der Waals surface area contributed by atoms with E-state index in [1.165, 1.54) is 4.89 Å². The largest absolute Gasteiger partial charge is 0.460 e. The van der Waals surface area contributed by atoms with Crippen molar-refractivity contribution in [2.24, 2.45) is 0 Å². The molecule has 1 N–H and O–H groups in total. The van der Waals surface area contributed by atoms with E-state index >= 15 is 0 Å². The predicted molar refractivity (Wildman–Crippen MR) is 39.5 cm³/mol. The molecule has 0 aromatic rings. The highest BCUT2D eigenvalue weighted by Crippen LogP contribution is 2.62. The van der Waals surface area contributed by atoms with Crippen molar-refractivity contribution in [2.45, 2.75) is 41.9 Å². The highest BCUT2D eigenvalue weighted by atomic mass is 19.4. The van der Waals surface area contributed by atoms with Gasteiger partial charge in [-0.3, -0.25) is 0 Å². The molecule has 0 unspecified atom stereocenters. The van der Waals surface area contributed by atoms with Crippen LogP contribution < -0.4 is 0 Å². The van der Waals surface area contributed by atoms with Crippen LogP contribution in [0.1, 0.15) is 0 Å². The number of hydrogen-bond donors (Lipinski definition) is 1. The summed E-state index contributed by atoms with van der Waals surface area (Å²) >= 11 is 0. The predicted octanol–water partition coefficient (Wildman–Crippen LogP) is 4.81. The van der Waals surface area contributed by atoms with Crippen LogP contribution in [-0.4, -0.2) is 47.2 Å². The van der Waals surface area contributed by atoms with Gasteiger partial charge in [-0.1, -0.05) is 0 Å². The third kappa shape index (κ3) is 2.64. The first-order valence-corrected chi connectivity index (χ1v) is 4.72. The van der Waals surface area contributed by atoms with Crippen molar-refractivity contribution in [3.8, 4) is 0 Å². The fraction of sp³-hybridized carbons (Fsp3) is 1.00. The van der Waals surface area contributed by atoms with Crippen LogP contribution in [0, 0.1) is 0 Å². The zero-order chi connectivity index (χ0) is 20.2. The molecule has 0 aromatic carbocycles. The second-order valence-electron chi connectivity index (χ2n) is 3.98. The normalized spacial score (nSPS) is 16.5. The maximum atomic E-state index is 12.7. The van der Waals surface area contributed by atoms with Gasteiger partial charge in [-0.05, 0) is 0 Å². The van der Waals surface area contributed by atoms with Crippen molar-refractivity contribution in [3.63, 3.8) is 0 Å². The molecule has 0 aliphatic carbocycles. The molecule has 2 nitrogen and oxygen atoms in total. The first kappa shape index (κ1) is 22.9. The van der Waals surface area contributed by atoms with Crippen LogP contribution in [0.4, 0.5) is 65.9 Å². The fourth-order valence-corrected chi connectivity index (χ4v) is 1.01. The molecule has 24 heavy (non-hydrogen) atoms. The van der Waals surface area contributed by atoms with Crippen molar-refractivity contribution in [1.82, 2.24) is 0 Å². The van der Waals surface area contributed by atoms with E-state index in [-0.39, 0.29) is 0 Å². The summed E-state index contributed by atoms with van der Waals surface area (Å²) in [5, 5.41) is 7.23. The third-order valence-corrected chi connectivity index (χ3v) is 2.41. The molecule has 0 amide bonds. The Morgan fingerprint density at radius 3 is 0.917 bits per heavy atom. The highest BCUT2D eigenvalue weighted by Gasteiger charge is 2.93. The molecule has 0 radical (unpaired) electrons. The van der Waals surface area contributed by atoms with Crippen molar-refractivity contribution in [1.29, 1.82) is 0 Å². The number of hydrogen-bond acceptors (Lipinski definition) is 2. The van der Waals surface area contributed by atoms with Gasteiger partial charge >= 0.3 is 41.9 Å². The number of rotatable bonds is 6. The second-order valence-corrected chi connectivity index (χ2v) is 3.98. The van der Waals surface area contributed by atoms with Crippen molar-refractivity contribution in [2.75, 3.05) is 0 Å². The van der Waals surface area contributed by atoms with Gasteiger partial charge in [0.15, 0.2) is 0 Å². The molecule has 0 heterocycles. The standard InChI is InChI=1S/C7HF15O2/c8-1(9,2(10,11)4(14,15)6(18,19)20)3(12,13)5(16,17)7(21,22)24-23/h23H. The monoisotopic (exact) mass is 402 g/mol. The SMILES string of the molecule is OOC(F)(F)C(F)(F)C(F)(F)C(F)(F)C(F)(F)C(F)(F)C(F)(F)F. The Morgan fingerprint density at radius 2 is 0.667 bits per heavy atom. The second kappa shape index (κ2) is 5.43. The molecular weight excluding hydrogens is 401 g/mol. The van der Waals surface area contributed by atoms with Gasteiger partial charge in [0.25, 0.3) is 0 Å². The van der Waals surface area contributed by atoms with Crippen LogP contribution in [0.5, 0.6) is 0 Å². The molecule has 17 heteroatoms. The molecule has 0 aromatic heterocycles. The number of alkyl halides is 15. The zero-order valence-corrected chi connectivity index (χ0v) is 10.0. The molecule has 0 aliphatic rings. The van der Waals surface area contributed by atoms with Crippen molar-refractivity contribution in [3.05, 3.63) is 0 Å². The Balaban J connectivity index is 6.42. The lowest BCUT2D eigenvalue weighted by atomic mass is 9.93. The van der Waals surface area contributed by atoms with Gasteiger partial charge in [-0.2, -0.15) is 70.7 Å². The average Bonchev–Trinajstić information content (AvgIpc) is 2.36. The molecular formula is C7HF15O2. The van der Waals surface area contributed by atoms with E-state index in [1.54, 1.807) is 0 Å². The number of halogens is 15. The van der Waals surface area contributed by atoms with Crippen LogP contribution >= 0.6 is 0 Å². The van der Waals surface area contributed by atoms with E-state index in [1.807, 2.05) is 0 Å². The van der Waals surface area contributed by atoms with Crippen LogP contribution in [0.15, 0.2) is 0 Å². The van der Waals surface area contributed by atoms with Crippen LogP contribution in [-0.2, 0) is 4.89 Å². The van der Waals surface area contributed by atoms with Gasteiger partial charge in [0.05, 0.1) is 0 Å². The molecule has 0 atom stereocenters. The van der Waals surface area contributed by atoms with E-state index in [0.29, 0.717) is 0 Å². The Bertz CT molecular complexity index is 463. The summed E-state index contributed by atoms with van der Waals surface area (Å²) in [7, 11) is 0. The van der Waals surface area contributed by atoms with Crippen LogP contribution in [0.3, 0.4) is 0 Å². The average molecular weight is 402 g/mol. The topological polar surface area (TPSA) is 29.5 Å². The smallest absolute Gasteiger partial charge is 0.246 e. The Kier molecular flexibility index (Phi) is 5.18. The Hall–Kier alpha value is -1.13. The van der Waals surface area contributed by atoms with E-state index in [9.17, 15) is 65.9 Å². The van der Waals surface area contributed by atoms with Crippen molar-refractivity contribution < 1.29 is 76.0 Å². The summed E-state index contributed by atoms with van der Waals surface area (Å²) in [6.45, 7) is 0. The van der Waals surface area contributed by atoms with E-state index in [0.717, 1.165) is 0 Å². The van der Waals surface area contributed by atoms with Gasteiger partial charge < -0.3 is 0 Å². The van der Waals surface area contributed by atoms with Crippen molar-refractivity contribution >= 4 is 0 Å². The summed E-state index contributed by atoms with van der Waals surface area (Å²) in [5.74, 6) is -40.8. The van der Waals surface area contributed by atoms with Crippen LogP contribution in [0.2, 0.25) is 0 Å². The molecule has 0 saturated heterocycles. The summed E-state index contributed by atoms with van der Waals surface area (Å²) in [6, 6.07) is 0. The minimum Gasteiger partial charge on any atom is -0.246 e. The minimum atomic E-state index is -8.38. The summed E-state index contributed by atoms with van der Waals surface area (Å²) in [5.41, 5.74) is 0. The lowest BCUT2D eigenvalue weighted by Gasteiger charge is -2.40. The minimum absolute atomic E-state index is 1.40. The zero-order valence-electron chi connectivity index (χ0n) is 10.0. The third-order valence-electron chi connectivity index (χ3n) is 2.41. The molecule has 146 valence electrons. The van der Waals surface area contributed by atoms with Gasteiger partial charge in [-0.25, -0.2) is 5.26 Å². The molecule has 0 aliphatic heterocycles. The van der Waals surface area contributed by atoms with Crippen LogP contribution in [0.25, 0.3) is 0 Å². The highest BCUT2D eigenvalue weighted by molar-refractivity contribution is 5.11. The molecule has 0 fully saturated rings. The lowest BCUT2D eigenvalue weighted by Crippen LogP contribution is -2.72. The maximum Gasteiger partial charge on any atom is 0.460 e. The lowest BCUT2D eigenvalue weighted by molar-refractivity contribution is -0.515. The van der Waals surface area contributed by atoms with E-state index in [2.05, 4.69) is 0 Å². The van der Waals surface area contributed by atoms with Gasteiger partial charge in [0.2, 0.25) is 0 Å². The molecule has 0 bridgehead atoms. The Morgan fingerprint density at radius 1 is 0.417 bits per heavy atom. The first-order chi connectivity index (χ1) is 10.1. The van der Waals surface area contributed by atoms with E-state index in [4.69, 9.17) is 5.26 Å². The first-order valence-electron chi connectivity index (χ1n) is 4.72. The fourth-order valence-electron chi connectivity index (χ4n) is 1.01. The summed E-state index contributed by atoms with van der Waals surface area (Å²) < 4.78 is 185. The quantitative estimate of drug-likeness (QED) is 0.393. The maximum absolute atomic E-state index is 12.7. The molecule has 0 saturated carbocycles. The Labute approximate surface area is 119 Å². The summed E-state index contributed by atoms with van der Waals surface area (Å²) in [4.78, 5) is 1.40. The van der Waals surface area contributed by atoms with Gasteiger partial charge in [0, 0.05) is 0 Å². The van der Waals surface area contributed by atoms with Gasteiger partial charge in [-0.15, -0.1) is 0 Å². The van der Waals surface area contributed by atoms with E-state index < -0.39 is 41.9 Å².